The molecule has 0 spiro atoms. The largest absolute Gasteiger partial charge is 0.481 e. The van der Waals surface area contributed by atoms with Crippen molar-refractivity contribution in [2.24, 2.45) is 23.7 Å². The molecule has 3 heterocycles. The van der Waals surface area contributed by atoms with Crippen molar-refractivity contribution in [2.75, 3.05) is 191 Å². The maximum absolute atomic E-state index is 14.9. The van der Waals surface area contributed by atoms with Crippen molar-refractivity contribution in [1.82, 2.24) is 52.0 Å². The molecule has 1 aromatic heterocycles. The highest BCUT2D eigenvalue weighted by Gasteiger charge is 2.45. The zero-order valence-electron chi connectivity index (χ0n) is 85.2. The Balaban J connectivity index is 0.825. The predicted octanol–water partition coefficient (Wildman–Crippen LogP) is 7.02. The van der Waals surface area contributed by atoms with Crippen molar-refractivity contribution < 1.29 is 148 Å². The van der Waals surface area contributed by atoms with Crippen LogP contribution in [0.1, 0.15) is 193 Å². The van der Waals surface area contributed by atoms with Crippen molar-refractivity contribution in [3.05, 3.63) is 94.0 Å². The van der Waals surface area contributed by atoms with E-state index in [0.717, 1.165) is 54.0 Å². The second kappa shape index (κ2) is 68.1. The molecule has 5 rings (SSSR count). The van der Waals surface area contributed by atoms with E-state index in [1.807, 2.05) is 70.2 Å². The minimum atomic E-state index is -1.61. The fourth-order valence-electron chi connectivity index (χ4n) is 15.4. The smallest absolute Gasteiger partial charge is 0.411 e. The average molecular weight is 2030 g/mol. The van der Waals surface area contributed by atoms with Crippen molar-refractivity contribution in [2.45, 2.75) is 233 Å². The zero-order valence-corrected chi connectivity index (χ0v) is 86.1. The van der Waals surface area contributed by atoms with Gasteiger partial charge in [0.25, 0.3) is 23.6 Å². The van der Waals surface area contributed by atoms with Crippen molar-refractivity contribution in [1.29, 1.82) is 0 Å². The van der Waals surface area contributed by atoms with Gasteiger partial charge in [-0.15, -0.1) is 11.3 Å². The summed E-state index contributed by atoms with van der Waals surface area (Å²) in [6.45, 7) is 29.0. The summed E-state index contributed by atoms with van der Waals surface area (Å²) >= 11 is 1.15. The molecule has 2 aromatic carbocycles. The molecule has 10 N–H and O–H groups in total. The van der Waals surface area contributed by atoms with E-state index in [1.165, 1.54) is 6.92 Å². The van der Waals surface area contributed by atoms with Gasteiger partial charge in [-0.3, -0.25) is 67.8 Å². The highest BCUT2D eigenvalue weighted by atomic mass is 32.1. The van der Waals surface area contributed by atoms with E-state index in [9.17, 15) is 72.2 Å². The number of anilines is 1. The summed E-state index contributed by atoms with van der Waals surface area (Å²) < 4.78 is 78.1. The van der Waals surface area contributed by atoms with Crippen LogP contribution in [0.15, 0.2) is 72.1 Å². The number of carbonyl (C=O) groups is 14. The number of carbonyl (C=O) groups excluding carboxylic acids is 12. The van der Waals surface area contributed by atoms with Gasteiger partial charge in [0.05, 0.1) is 171 Å². The van der Waals surface area contributed by atoms with Crippen molar-refractivity contribution in [3.8, 4) is 0 Å². The number of aliphatic carboxylic acids is 2. The number of thiazole rings is 1. The number of amides is 11. The van der Waals surface area contributed by atoms with E-state index in [2.05, 4.69) is 54.6 Å². The molecule has 3 aromatic rings. The lowest BCUT2D eigenvalue weighted by molar-refractivity contribution is -0.942. The summed E-state index contributed by atoms with van der Waals surface area (Å²) in [5.74, 6) is -9.43. The number of aromatic nitrogens is 1. The van der Waals surface area contributed by atoms with E-state index in [-0.39, 0.29) is 120 Å². The summed E-state index contributed by atoms with van der Waals surface area (Å²) in [7, 11) is 3.76. The van der Waals surface area contributed by atoms with Crippen LogP contribution in [0.2, 0.25) is 0 Å². The molecule has 42 nitrogen and oxygen atoms in total. The molecule has 2 aliphatic rings. The number of quaternary nitrogens is 1. The lowest BCUT2D eigenvalue weighted by atomic mass is 9.92. The number of esters is 1. The van der Waals surface area contributed by atoms with E-state index in [1.54, 1.807) is 77.9 Å². The number of likely N-dealkylation sites (N-methyl/N-ethyl adjacent to an activating group) is 2. The van der Waals surface area contributed by atoms with Gasteiger partial charge in [0, 0.05) is 93.1 Å². The van der Waals surface area contributed by atoms with E-state index in [4.69, 9.17) is 71.4 Å². The molecule has 0 bridgehead atoms. The summed E-state index contributed by atoms with van der Waals surface area (Å²) in [6, 6.07) is 9.91. The predicted molar refractivity (Wildman–Crippen MR) is 523 cm³/mol. The lowest BCUT2D eigenvalue weighted by Gasteiger charge is -2.44. The minimum absolute atomic E-state index is 0.0185. The topological polar surface area (TPSA) is 524 Å². The molecule has 0 aliphatic carbocycles. The number of ether oxygens (including phenoxy) is 14. The molecule has 1 fully saturated rings. The Hall–Kier alpha value is -10.3. The molecule has 1 saturated heterocycles. The Morgan fingerprint density at radius 3 is 1.61 bits per heavy atom. The second-order valence-corrected chi connectivity index (χ2v) is 37.8. The maximum atomic E-state index is 14.9. The van der Waals surface area contributed by atoms with Crippen LogP contribution in [0.3, 0.4) is 0 Å². The number of imide groups is 1. The van der Waals surface area contributed by atoms with Gasteiger partial charge in [-0.2, -0.15) is 0 Å². The molecule has 0 radical (unpaired) electrons. The van der Waals surface area contributed by atoms with Gasteiger partial charge in [-0.25, -0.2) is 14.6 Å². The molecule has 798 valence electrons. The van der Waals surface area contributed by atoms with Gasteiger partial charge in [0.15, 0.2) is 12.1 Å². The zero-order chi connectivity index (χ0) is 104. The van der Waals surface area contributed by atoms with Crippen LogP contribution in [0.25, 0.3) is 0 Å². The van der Waals surface area contributed by atoms with Crippen LogP contribution in [0.4, 0.5) is 15.3 Å². The number of hydrogen-bond donors (Lipinski definition) is 10. The Kier molecular flexibility index (Phi) is 58.6. The fraction of sp³-hybridized carbons (Fsp3) is 0.687. The van der Waals surface area contributed by atoms with E-state index >= 15 is 0 Å². The SMILES string of the molecule is CC[C@H](C)[C@H](NC(=O)[C@H]1CCCC[N+]1(C)Cc1ccc(NC(=O)OCCOCCOCCOCCOCCOCCOCCOCCOCCOCCOCCOCCC(=O)NCCCC[C@H](NC(=O)[C@H](CNC(=O)OC(C)(C)C)N2C(=O)C=CC2=O)C(=O)N[C@H](C(=O)N[C@@H](C)CCC(=O)O)C(C)C)cc1)C(=O)N(C)[C@H](C[C@@H](OC(C)=O)c1nc(C(=O)N[C@@H](Cc2ccccc2)C[C@H](C)C(=O)O)cs1)C(C)C. The molecule has 43 heteroatoms. The number of nitrogens with one attached hydrogen (secondary N) is 8. The number of alkyl carbamates (subject to hydrolysis) is 1. The first-order valence-corrected chi connectivity index (χ1v) is 50.1. The van der Waals surface area contributed by atoms with E-state index < -0.39 is 144 Å². The van der Waals surface area contributed by atoms with Crippen LogP contribution in [-0.4, -0.2) is 352 Å². The number of nitrogens with zero attached hydrogens (tertiary/aromatic N) is 4. The number of likely N-dealkylation sites (tertiary alicyclic amines) is 1. The van der Waals surface area contributed by atoms with E-state index in [0.29, 0.717) is 171 Å². The first-order valence-electron chi connectivity index (χ1n) is 49.2. The lowest BCUT2D eigenvalue weighted by Crippen LogP contribution is -2.63. The number of carboxylic acids is 2. The molecular weight excluding hydrogens is 1870 g/mol. The van der Waals surface area contributed by atoms with Crippen LogP contribution in [-0.2, 0) is 132 Å². The molecule has 0 saturated carbocycles. The molecule has 142 heavy (non-hydrogen) atoms. The molecule has 1 unspecified atom stereocenters. The highest BCUT2D eigenvalue weighted by Crippen LogP contribution is 2.33. The Bertz CT molecular complexity index is 4320. The molecule has 2 aliphatic heterocycles. The number of carboxylic acid groups (broad SMARTS) is 2. The number of piperidine rings is 1. The highest BCUT2D eigenvalue weighted by molar-refractivity contribution is 7.09. The third-order valence-corrected chi connectivity index (χ3v) is 24.3. The standard InChI is InChI=1S/C99H156N12O30S/c1-15-69(6)88(95(123)109(13)79(67(2)3)63-82(140-72(9)112)94-106-78(66-142-94)90(119)103-76(61-70(7)96(124)125)62-73-23-17-16-18-24-73)108-92(121)81-26-20-22-37-111(81,14)65-74-28-30-75(31-29-74)104-98(127)139-60-59-138-58-57-137-56-55-136-54-53-135-52-51-134-50-49-133-48-47-132-46-45-131-44-43-130-42-41-129-40-39-128-38-35-83(113)100-36-21-19-25-77(89(118)107-87(68(4)5)93(122)102-71(8)27-34-86(116)117)105-91(120)80(110-84(114)32-33-85(110)115)64-101-97(126)141-99(10,11)12/h16-18,23-24,28-33,66-71,76-77,79-82,87-88H,15,19-22,25-27,34-65H2,1-14H3,(H9-,100,101,102,103,104,105,107,108,113,116,117,118,119,120,121,122,124,125,126,127)/p+1/t69-,70-,71-,76+,77-,79+,80-,81+,82+,87-,88-,111?/m0/s1. The van der Waals surface area contributed by atoms with Crippen LogP contribution in [0, 0.1) is 23.7 Å². The second-order valence-electron chi connectivity index (χ2n) is 36.9. The fourth-order valence-corrected chi connectivity index (χ4v) is 16.2. The number of unbranched alkanes of at least 4 members (excludes halogenated alkanes) is 1. The Labute approximate surface area is 838 Å². The Morgan fingerprint density at radius 1 is 0.577 bits per heavy atom. The van der Waals surface area contributed by atoms with Gasteiger partial charge < -0.3 is 123 Å². The molecule has 12 atom stereocenters. The van der Waals surface area contributed by atoms with Crippen LogP contribution >= 0.6 is 11.3 Å². The van der Waals surface area contributed by atoms with Crippen molar-refractivity contribution in [3.63, 3.8) is 0 Å². The third kappa shape index (κ3) is 49.3. The molecular formula is C99H157N12O30S+. The van der Waals surface area contributed by atoms with Crippen LogP contribution < -0.4 is 42.5 Å². The summed E-state index contributed by atoms with van der Waals surface area (Å²) in [5, 5.41) is 42.9. The molecule has 11 amide bonds. The van der Waals surface area contributed by atoms with Crippen molar-refractivity contribution >= 4 is 100 Å². The first-order chi connectivity index (χ1) is 67.8. The quantitative estimate of drug-likeness (QED) is 0.00891. The average Bonchev–Trinajstić information content (AvgIpc) is 0.890. The van der Waals surface area contributed by atoms with Gasteiger partial charge in [0.2, 0.25) is 29.5 Å². The minimum Gasteiger partial charge on any atom is -0.481 e. The monoisotopic (exact) mass is 2030 g/mol. The third-order valence-electron chi connectivity index (χ3n) is 23.4. The summed E-state index contributed by atoms with van der Waals surface area (Å²) in [5.41, 5.74) is 1.58. The summed E-state index contributed by atoms with van der Waals surface area (Å²) in [6.07, 6.45) is 3.74. The van der Waals surface area contributed by atoms with Crippen LogP contribution in [0.5, 0.6) is 0 Å². The summed E-state index contributed by atoms with van der Waals surface area (Å²) in [4.78, 5) is 191. The number of rotatable bonds is 75. The Morgan fingerprint density at radius 2 is 1.11 bits per heavy atom. The van der Waals surface area contributed by atoms with Gasteiger partial charge >= 0.3 is 30.1 Å². The van der Waals surface area contributed by atoms with Gasteiger partial charge in [-0.1, -0.05) is 97.4 Å². The number of hydrogen-bond acceptors (Lipinski definition) is 30. The normalized spacial score (nSPS) is 16.4. The van der Waals surface area contributed by atoms with Gasteiger partial charge in [0.1, 0.15) is 53.6 Å². The number of benzene rings is 2. The first kappa shape index (κ1) is 122. The maximum Gasteiger partial charge on any atom is 0.411 e. The van der Waals surface area contributed by atoms with Gasteiger partial charge in [-0.05, 0) is 115 Å².